The molecule has 0 spiro atoms. The molecule has 0 aliphatic heterocycles. The van der Waals surface area contributed by atoms with Gasteiger partial charge in [-0.1, -0.05) is 0 Å². The summed E-state index contributed by atoms with van der Waals surface area (Å²) >= 11 is 4.38. The Hall–Kier alpha value is -1.35. The highest BCUT2D eigenvalue weighted by molar-refractivity contribution is 7.80. The summed E-state index contributed by atoms with van der Waals surface area (Å²) in [6.07, 6.45) is 1.51. The summed E-state index contributed by atoms with van der Waals surface area (Å²) in [6, 6.07) is -0.789. The quantitative estimate of drug-likeness (QED) is 0.231. The monoisotopic (exact) mass is 144 g/mol. The van der Waals surface area contributed by atoms with Crippen LogP contribution < -0.4 is 16.4 Å². The van der Waals surface area contributed by atoms with Crippen LogP contribution in [0.25, 0.3) is 0 Å². The van der Waals surface area contributed by atoms with Gasteiger partial charge in [-0.2, -0.15) is 5.26 Å². The van der Waals surface area contributed by atoms with Crippen LogP contribution in [0.15, 0.2) is 0 Å². The Kier molecular flexibility index (Phi) is 3.08. The fraction of sp³-hybridized carbons (Fsp3) is 0. The fourth-order valence-electron chi connectivity index (χ4n) is 0.194. The number of amides is 2. The molecule has 0 aromatic rings. The zero-order chi connectivity index (χ0) is 7.28. The van der Waals surface area contributed by atoms with Gasteiger partial charge in [0.1, 0.15) is 0 Å². The van der Waals surface area contributed by atoms with Crippen LogP contribution in [0.5, 0.6) is 0 Å². The van der Waals surface area contributed by atoms with Gasteiger partial charge < -0.3 is 5.73 Å². The maximum absolute atomic E-state index is 9.96. The van der Waals surface area contributed by atoms with Crippen molar-refractivity contribution in [1.29, 1.82) is 5.26 Å². The molecule has 0 aromatic heterocycles. The molecular weight excluding hydrogens is 140 g/mol. The third-order valence-electron chi connectivity index (χ3n) is 0.406. The Morgan fingerprint density at radius 2 is 2.33 bits per heavy atom. The van der Waals surface area contributed by atoms with Crippen molar-refractivity contribution in [3.05, 3.63) is 0 Å². The molecule has 0 aliphatic rings. The first kappa shape index (κ1) is 7.65. The second-order valence-corrected chi connectivity index (χ2v) is 1.46. The van der Waals surface area contributed by atoms with Gasteiger partial charge in [-0.05, 0) is 12.2 Å². The molecule has 0 aromatic carbocycles. The number of carbonyl (C=O) groups is 1. The highest BCUT2D eigenvalue weighted by Gasteiger charge is 1.94. The minimum absolute atomic E-state index is 0.0926. The maximum Gasteiger partial charge on any atom is 0.318 e. The van der Waals surface area contributed by atoms with Gasteiger partial charge in [0.05, 0.1) is 0 Å². The third kappa shape index (κ3) is 4.50. The van der Waals surface area contributed by atoms with E-state index in [0.29, 0.717) is 0 Å². The molecule has 0 fully saturated rings. The third-order valence-corrected chi connectivity index (χ3v) is 0.610. The van der Waals surface area contributed by atoms with E-state index in [4.69, 9.17) is 5.26 Å². The van der Waals surface area contributed by atoms with Crippen LogP contribution in [0.3, 0.4) is 0 Å². The van der Waals surface area contributed by atoms with Crippen LogP contribution >= 0.6 is 12.2 Å². The van der Waals surface area contributed by atoms with E-state index in [9.17, 15) is 4.79 Å². The highest BCUT2D eigenvalue weighted by Crippen LogP contribution is 1.61. The average molecular weight is 144 g/mol. The van der Waals surface area contributed by atoms with Gasteiger partial charge in [0.2, 0.25) is 0 Å². The summed E-state index contributed by atoms with van der Waals surface area (Å²) < 4.78 is 0. The van der Waals surface area contributed by atoms with Gasteiger partial charge >= 0.3 is 6.03 Å². The number of carbonyl (C=O) groups excluding carboxylic acids is 1. The van der Waals surface area contributed by atoms with Crippen molar-refractivity contribution in [3.8, 4) is 6.19 Å². The van der Waals surface area contributed by atoms with Crippen molar-refractivity contribution in [3.63, 3.8) is 0 Å². The van der Waals surface area contributed by atoms with E-state index in [0.717, 1.165) is 0 Å². The van der Waals surface area contributed by atoms with Crippen molar-refractivity contribution in [2.45, 2.75) is 0 Å². The Labute approximate surface area is 56.8 Å². The van der Waals surface area contributed by atoms with Gasteiger partial charge in [-0.3, -0.25) is 10.6 Å². The predicted octanol–water partition coefficient (Wildman–Crippen LogP) is -0.990. The standard InChI is InChI=1S/C3H4N4OS/c4-1-6-3(9)7-2(5)8/h(H4,5,6,7,8,9). The molecule has 0 radical (unpaired) electrons. The smallest absolute Gasteiger partial charge is 0.318 e. The predicted molar refractivity (Wildman–Crippen MR) is 34.1 cm³/mol. The van der Waals surface area contributed by atoms with Crippen molar-refractivity contribution in [1.82, 2.24) is 10.6 Å². The average Bonchev–Trinajstić information content (AvgIpc) is 1.63. The van der Waals surface area contributed by atoms with Crippen molar-refractivity contribution in [2.75, 3.05) is 0 Å². The van der Waals surface area contributed by atoms with Crippen molar-refractivity contribution < 1.29 is 4.79 Å². The molecule has 0 heterocycles. The Bertz CT molecular complexity index is 171. The van der Waals surface area contributed by atoms with E-state index in [1.165, 1.54) is 6.19 Å². The second kappa shape index (κ2) is 3.63. The number of urea groups is 1. The zero-order valence-electron chi connectivity index (χ0n) is 4.34. The first-order chi connectivity index (χ1) is 4.16. The zero-order valence-corrected chi connectivity index (χ0v) is 5.16. The second-order valence-electron chi connectivity index (χ2n) is 1.06. The molecule has 0 rings (SSSR count). The summed E-state index contributed by atoms with van der Waals surface area (Å²) in [5.41, 5.74) is 4.64. The molecule has 0 saturated carbocycles. The number of thiocarbonyl (C=S) groups is 1. The van der Waals surface area contributed by atoms with E-state index in [1.54, 1.807) is 0 Å². The normalized spacial score (nSPS) is 7.00. The molecule has 0 bridgehead atoms. The lowest BCUT2D eigenvalue weighted by molar-refractivity contribution is 0.253. The molecule has 2 amide bonds. The number of hydrogen-bond acceptors (Lipinski definition) is 3. The Balaban J connectivity index is 3.54. The number of primary amides is 1. The number of nitrogens with zero attached hydrogens (tertiary/aromatic N) is 1. The van der Waals surface area contributed by atoms with Crippen LogP contribution in [0.1, 0.15) is 0 Å². The summed E-state index contributed by atoms with van der Waals surface area (Å²) in [4.78, 5) is 9.96. The Morgan fingerprint density at radius 3 is 2.67 bits per heavy atom. The summed E-state index contributed by atoms with van der Waals surface area (Å²) in [5, 5.41) is 11.8. The van der Waals surface area contributed by atoms with Crippen LogP contribution in [0.4, 0.5) is 4.79 Å². The van der Waals surface area contributed by atoms with Crippen LogP contribution in [-0.4, -0.2) is 11.1 Å². The SMILES string of the molecule is N#CNC(=S)NC(N)=O. The largest absolute Gasteiger partial charge is 0.351 e. The van der Waals surface area contributed by atoms with Crippen molar-refractivity contribution >= 4 is 23.4 Å². The lowest BCUT2D eigenvalue weighted by Crippen LogP contribution is -2.40. The number of nitriles is 1. The first-order valence-corrected chi connectivity index (χ1v) is 2.33. The van der Waals surface area contributed by atoms with Gasteiger partial charge in [-0.15, -0.1) is 0 Å². The van der Waals surface area contributed by atoms with E-state index in [1.807, 2.05) is 10.6 Å². The maximum atomic E-state index is 9.96. The number of hydrogen-bond donors (Lipinski definition) is 3. The number of rotatable bonds is 0. The lowest BCUT2D eigenvalue weighted by Gasteiger charge is -1.96. The molecule has 0 saturated heterocycles. The van der Waals surface area contributed by atoms with Gasteiger partial charge in [0.25, 0.3) is 0 Å². The van der Waals surface area contributed by atoms with Crippen LogP contribution in [0.2, 0.25) is 0 Å². The van der Waals surface area contributed by atoms with Crippen molar-refractivity contribution in [2.24, 2.45) is 5.73 Å². The fourth-order valence-corrected chi connectivity index (χ4v) is 0.340. The molecule has 6 heteroatoms. The molecule has 0 unspecified atom stereocenters. The van der Waals surface area contributed by atoms with Gasteiger partial charge in [0, 0.05) is 0 Å². The first-order valence-electron chi connectivity index (χ1n) is 1.92. The minimum Gasteiger partial charge on any atom is -0.351 e. The molecule has 0 aliphatic carbocycles. The molecule has 5 nitrogen and oxygen atoms in total. The van der Waals surface area contributed by atoms with E-state index >= 15 is 0 Å². The number of nitrogens with one attached hydrogen (secondary N) is 2. The van der Waals surface area contributed by atoms with E-state index in [2.05, 4.69) is 18.0 Å². The molecule has 0 atom stereocenters. The number of nitrogens with two attached hydrogens (primary N) is 1. The van der Waals surface area contributed by atoms with Gasteiger partial charge in [-0.25, -0.2) is 4.79 Å². The molecule has 48 valence electrons. The molecule has 4 N–H and O–H groups in total. The lowest BCUT2D eigenvalue weighted by atomic mass is 10.9. The highest BCUT2D eigenvalue weighted by atomic mass is 32.1. The van der Waals surface area contributed by atoms with E-state index < -0.39 is 6.03 Å². The topological polar surface area (TPSA) is 90.9 Å². The minimum atomic E-state index is -0.789. The molecular formula is C3H4N4OS. The summed E-state index contributed by atoms with van der Waals surface area (Å²) in [5.74, 6) is 0. The van der Waals surface area contributed by atoms with E-state index in [-0.39, 0.29) is 5.11 Å². The van der Waals surface area contributed by atoms with Crippen LogP contribution in [0, 0.1) is 11.5 Å². The summed E-state index contributed by atoms with van der Waals surface area (Å²) in [7, 11) is 0. The Morgan fingerprint density at radius 1 is 1.78 bits per heavy atom. The van der Waals surface area contributed by atoms with Crippen LogP contribution in [-0.2, 0) is 0 Å². The molecule has 9 heavy (non-hydrogen) atoms. The summed E-state index contributed by atoms with van der Waals surface area (Å²) in [6.45, 7) is 0. The van der Waals surface area contributed by atoms with Gasteiger partial charge in [0.15, 0.2) is 11.3 Å².